The standard InChI is InChI=1S/C21H19F2N9OS/c1-3-13(19-25-10-27-29-19)28-21(33)12-6-14(32-16(18(22)23)8-26-30-32)20-24-7-15(31(20)9-12)17-5-4-11(2)34-17/h4-10,13,18H,3H2,1-2H3,(H,28,33)(H,25,27,29)/t13-/m0/s1. The van der Waals surface area contributed by atoms with E-state index in [-0.39, 0.29) is 11.3 Å². The van der Waals surface area contributed by atoms with Gasteiger partial charge in [0.25, 0.3) is 12.3 Å². The molecule has 0 saturated heterocycles. The summed E-state index contributed by atoms with van der Waals surface area (Å²) in [4.78, 5) is 22.7. The predicted molar refractivity (Wildman–Crippen MR) is 120 cm³/mol. The highest BCUT2D eigenvalue weighted by Gasteiger charge is 2.23. The van der Waals surface area contributed by atoms with Crippen LogP contribution < -0.4 is 5.32 Å². The summed E-state index contributed by atoms with van der Waals surface area (Å²) in [5.74, 6) is 0.109. The van der Waals surface area contributed by atoms with Gasteiger partial charge in [0.2, 0.25) is 0 Å². The zero-order valence-corrected chi connectivity index (χ0v) is 18.9. The Labute approximate surface area is 195 Å². The molecular weight excluding hydrogens is 464 g/mol. The molecule has 174 valence electrons. The molecule has 34 heavy (non-hydrogen) atoms. The fourth-order valence-electron chi connectivity index (χ4n) is 3.67. The average molecular weight is 484 g/mol. The maximum atomic E-state index is 13.6. The van der Waals surface area contributed by atoms with Gasteiger partial charge in [-0.1, -0.05) is 12.1 Å². The molecular formula is C21H19F2N9OS. The molecule has 1 amide bonds. The number of aromatic amines is 1. The summed E-state index contributed by atoms with van der Waals surface area (Å²) in [5, 5.41) is 18.2. The molecule has 13 heteroatoms. The number of carbonyl (C=O) groups is 1. The largest absolute Gasteiger partial charge is 0.342 e. The quantitative estimate of drug-likeness (QED) is 0.363. The Hall–Kier alpha value is -4.00. The van der Waals surface area contributed by atoms with E-state index in [1.54, 1.807) is 28.1 Å². The molecule has 2 N–H and O–H groups in total. The van der Waals surface area contributed by atoms with Crippen molar-refractivity contribution in [1.29, 1.82) is 0 Å². The molecule has 0 aliphatic rings. The summed E-state index contributed by atoms with van der Waals surface area (Å²) in [7, 11) is 0. The summed E-state index contributed by atoms with van der Waals surface area (Å²) < 4.78 is 30.0. The molecule has 5 rings (SSSR count). The summed E-state index contributed by atoms with van der Waals surface area (Å²) >= 11 is 1.56. The molecule has 0 aromatic carbocycles. The molecule has 1 atom stereocenters. The molecule has 5 heterocycles. The highest BCUT2D eigenvalue weighted by molar-refractivity contribution is 7.15. The highest BCUT2D eigenvalue weighted by atomic mass is 32.1. The van der Waals surface area contributed by atoms with Gasteiger partial charge >= 0.3 is 0 Å². The van der Waals surface area contributed by atoms with Gasteiger partial charge in [-0.25, -0.2) is 18.4 Å². The smallest absolute Gasteiger partial charge is 0.282 e. The van der Waals surface area contributed by atoms with Gasteiger partial charge in [-0.2, -0.15) is 0 Å². The van der Waals surface area contributed by atoms with Crippen LogP contribution in [-0.2, 0) is 0 Å². The molecule has 0 radical (unpaired) electrons. The van der Waals surface area contributed by atoms with Crippen molar-refractivity contribution in [1.82, 2.24) is 44.9 Å². The third kappa shape index (κ3) is 3.83. The lowest BCUT2D eigenvalue weighted by Crippen LogP contribution is -2.29. The number of alkyl halides is 2. The number of amides is 1. The molecule has 5 aromatic heterocycles. The second kappa shape index (κ2) is 8.74. The van der Waals surface area contributed by atoms with Crippen LogP contribution in [0.1, 0.15) is 52.6 Å². The number of hydrogen-bond acceptors (Lipinski definition) is 7. The lowest BCUT2D eigenvalue weighted by Gasteiger charge is -2.16. The molecule has 0 aliphatic carbocycles. The van der Waals surface area contributed by atoms with Crippen molar-refractivity contribution in [2.75, 3.05) is 0 Å². The van der Waals surface area contributed by atoms with Crippen LogP contribution in [0.2, 0.25) is 0 Å². The van der Waals surface area contributed by atoms with Crippen molar-refractivity contribution in [3.05, 3.63) is 65.1 Å². The lowest BCUT2D eigenvalue weighted by atomic mass is 10.1. The van der Waals surface area contributed by atoms with Gasteiger partial charge in [-0.3, -0.25) is 9.20 Å². The summed E-state index contributed by atoms with van der Waals surface area (Å²) in [6, 6.07) is 5.01. The van der Waals surface area contributed by atoms with Gasteiger partial charge in [0, 0.05) is 11.1 Å². The van der Waals surface area contributed by atoms with Crippen molar-refractivity contribution >= 4 is 22.9 Å². The Bertz CT molecular complexity index is 1450. The first-order chi connectivity index (χ1) is 16.5. The monoisotopic (exact) mass is 483 g/mol. The third-order valence-electron chi connectivity index (χ3n) is 5.35. The van der Waals surface area contributed by atoms with E-state index in [0.29, 0.717) is 17.9 Å². The van der Waals surface area contributed by atoms with Crippen LogP contribution in [0.4, 0.5) is 8.78 Å². The van der Waals surface area contributed by atoms with Gasteiger partial charge in [-0.05, 0) is 31.5 Å². The molecule has 10 nitrogen and oxygen atoms in total. The SMILES string of the molecule is CC[C@H](NC(=O)c1cc(-n2nncc2C(F)F)c2ncc(-c3ccc(C)s3)n2c1)c1nnc[nH]1. The summed E-state index contributed by atoms with van der Waals surface area (Å²) in [6.07, 6.45) is 3.48. The minimum atomic E-state index is -2.81. The molecule has 0 aliphatic heterocycles. The lowest BCUT2D eigenvalue weighted by molar-refractivity contribution is 0.0933. The van der Waals surface area contributed by atoms with Crippen LogP contribution in [-0.4, -0.2) is 45.5 Å². The van der Waals surface area contributed by atoms with E-state index in [1.807, 2.05) is 26.0 Å². The Kier molecular flexibility index (Phi) is 5.61. The first kappa shape index (κ1) is 21.8. The van der Waals surface area contributed by atoms with E-state index in [2.05, 4.69) is 35.8 Å². The van der Waals surface area contributed by atoms with E-state index in [9.17, 15) is 13.6 Å². The van der Waals surface area contributed by atoms with Gasteiger partial charge in [0.1, 0.15) is 17.7 Å². The van der Waals surface area contributed by atoms with Crippen LogP contribution in [0.25, 0.3) is 21.9 Å². The predicted octanol–water partition coefficient (Wildman–Crippen LogP) is 3.89. The normalized spacial score (nSPS) is 12.5. The number of halogens is 2. The third-order valence-corrected chi connectivity index (χ3v) is 6.37. The fraction of sp³-hybridized carbons (Fsp3) is 0.238. The van der Waals surface area contributed by atoms with E-state index in [1.165, 1.54) is 12.4 Å². The zero-order valence-electron chi connectivity index (χ0n) is 18.1. The number of carbonyl (C=O) groups excluding carboxylic acids is 1. The van der Waals surface area contributed by atoms with Gasteiger partial charge in [0.15, 0.2) is 11.5 Å². The van der Waals surface area contributed by atoms with Crippen molar-refractivity contribution in [2.24, 2.45) is 0 Å². The van der Waals surface area contributed by atoms with E-state index in [4.69, 9.17) is 0 Å². The minimum Gasteiger partial charge on any atom is -0.342 e. The van der Waals surface area contributed by atoms with Crippen LogP contribution in [0, 0.1) is 6.92 Å². The molecule has 0 saturated carbocycles. The van der Waals surface area contributed by atoms with Gasteiger partial charge < -0.3 is 10.3 Å². The van der Waals surface area contributed by atoms with Gasteiger partial charge in [-0.15, -0.1) is 26.6 Å². The van der Waals surface area contributed by atoms with Crippen LogP contribution in [0.3, 0.4) is 0 Å². The first-order valence-corrected chi connectivity index (χ1v) is 11.2. The van der Waals surface area contributed by atoms with Crippen molar-refractivity contribution in [3.63, 3.8) is 0 Å². The van der Waals surface area contributed by atoms with Gasteiger partial charge in [0.05, 0.1) is 34.6 Å². The topological polar surface area (TPSA) is 119 Å². The minimum absolute atomic E-state index is 0.215. The van der Waals surface area contributed by atoms with Crippen molar-refractivity contribution < 1.29 is 13.6 Å². The maximum Gasteiger partial charge on any atom is 0.282 e. The number of nitrogens with zero attached hydrogens (tertiary/aromatic N) is 7. The molecule has 5 aromatic rings. The van der Waals surface area contributed by atoms with Crippen LogP contribution in [0.5, 0.6) is 0 Å². The van der Waals surface area contributed by atoms with Crippen LogP contribution in [0.15, 0.2) is 43.1 Å². The number of fused-ring (bicyclic) bond motifs is 1. The number of hydrogen-bond donors (Lipinski definition) is 2. The molecule has 0 spiro atoms. The number of thiophene rings is 1. The van der Waals surface area contributed by atoms with Crippen molar-refractivity contribution in [3.8, 4) is 16.3 Å². The average Bonchev–Trinajstić information content (AvgIpc) is 3.62. The Morgan fingerprint density at radius 2 is 2.12 bits per heavy atom. The van der Waals surface area contributed by atoms with E-state index < -0.39 is 24.1 Å². The summed E-state index contributed by atoms with van der Waals surface area (Å²) in [5.41, 5.74) is 1.15. The second-order valence-corrected chi connectivity index (χ2v) is 8.83. The number of pyridine rings is 1. The maximum absolute atomic E-state index is 13.6. The first-order valence-electron chi connectivity index (χ1n) is 10.4. The van der Waals surface area contributed by atoms with E-state index in [0.717, 1.165) is 26.3 Å². The fourth-order valence-corrected chi connectivity index (χ4v) is 4.55. The Balaban J connectivity index is 1.65. The number of H-pyrrole nitrogens is 1. The molecule has 0 unspecified atom stereocenters. The number of imidazole rings is 1. The number of aryl methyl sites for hydroxylation is 1. The van der Waals surface area contributed by atoms with E-state index >= 15 is 0 Å². The molecule has 0 fully saturated rings. The molecule has 0 bridgehead atoms. The second-order valence-electron chi connectivity index (χ2n) is 7.54. The highest BCUT2D eigenvalue weighted by Crippen LogP contribution is 2.31. The number of aromatic nitrogens is 8. The Morgan fingerprint density at radius 1 is 1.26 bits per heavy atom. The number of rotatable bonds is 7. The van der Waals surface area contributed by atoms with Crippen LogP contribution >= 0.6 is 11.3 Å². The zero-order chi connectivity index (χ0) is 23.8. The summed E-state index contributed by atoms with van der Waals surface area (Å²) in [6.45, 7) is 3.89. The number of nitrogens with one attached hydrogen (secondary N) is 2. The van der Waals surface area contributed by atoms with Crippen molar-refractivity contribution in [2.45, 2.75) is 32.7 Å². The Morgan fingerprint density at radius 3 is 2.79 bits per heavy atom.